The monoisotopic (exact) mass is 465 g/mol. The average Bonchev–Trinajstić information content (AvgIpc) is 2.86. The summed E-state index contributed by atoms with van der Waals surface area (Å²) in [5, 5.41) is 3.37. The van der Waals surface area contributed by atoms with Gasteiger partial charge in [0.1, 0.15) is 12.4 Å². The molecular formula is C26H31N3O5. The Bertz CT molecular complexity index is 1060. The molecule has 3 rings (SSSR count). The van der Waals surface area contributed by atoms with E-state index in [4.69, 9.17) is 18.9 Å². The first-order chi connectivity index (χ1) is 16.6. The summed E-state index contributed by atoms with van der Waals surface area (Å²) in [5.41, 5.74) is 1.09. The molecular weight excluding hydrogens is 434 g/mol. The molecule has 0 spiro atoms. The fraction of sp³-hybridized carbons (Fsp3) is 0.423. The molecule has 8 heteroatoms. The first-order valence-electron chi connectivity index (χ1n) is 11.5. The Morgan fingerprint density at radius 1 is 1.00 bits per heavy atom. The highest BCUT2D eigenvalue weighted by Crippen LogP contribution is 2.35. The zero-order chi connectivity index (χ0) is 24.3. The Labute approximate surface area is 200 Å². The molecule has 0 aliphatic rings. The van der Waals surface area contributed by atoms with E-state index in [1.807, 2.05) is 0 Å². The predicted octanol–water partition coefficient (Wildman–Crippen LogP) is 6.34. The van der Waals surface area contributed by atoms with Gasteiger partial charge in [-0.15, -0.1) is 0 Å². The fourth-order valence-corrected chi connectivity index (χ4v) is 3.47. The van der Waals surface area contributed by atoms with E-state index in [0.29, 0.717) is 39.7 Å². The molecule has 0 unspecified atom stereocenters. The molecule has 0 aliphatic heterocycles. The van der Waals surface area contributed by atoms with Gasteiger partial charge in [-0.2, -0.15) is 0 Å². The van der Waals surface area contributed by atoms with Crippen LogP contribution < -0.4 is 19.5 Å². The van der Waals surface area contributed by atoms with Crippen molar-refractivity contribution in [3.05, 3.63) is 42.7 Å². The topological polar surface area (TPSA) is 91.8 Å². The summed E-state index contributed by atoms with van der Waals surface area (Å²) < 4.78 is 22.2. The Kier molecular flexibility index (Phi) is 9.15. The number of methoxy groups -OCH3 is 2. The number of aromatic nitrogens is 2. The van der Waals surface area contributed by atoms with Crippen molar-refractivity contribution in [2.75, 3.05) is 19.5 Å². The van der Waals surface area contributed by atoms with Gasteiger partial charge in [0.15, 0.2) is 17.2 Å². The van der Waals surface area contributed by atoms with E-state index in [1.165, 1.54) is 6.33 Å². The van der Waals surface area contributed by atoms with E-state index >= 15 is 0 Å². The zero-order valence-electron chi connectivity index (χ0n) is 20.1. The highest BCUT2D eigenvalue weighted by atomic mass is 16.6. The quantitative estimate of drug-likeness (QED) is 0.334. The number of anilines is 1. The van der Waals surface area contributed by atoms with Crippen molar-refractivity contribution >= 4 is 22.7 Å². The minimum Gasteiger partial charge on any atom is -0.493 e. The van der Waals surface area contributed by atoms with Crippen molar-refractivity contribution in [3.8, 4) is 23.1 Å². The number of rotatable bonds is 12. The number of nitrogens with one attached hydrogen (secondary N) is 1. The molecule has 1 aromatic heterocycles. The van der Waals surface area contributed by atoms with Crippen LogP contribution in [0.2, 0.25) is 0 Å². The molecule has 180 valence electrons. The number of amides is 1. The van der Waals surface area contributed by atoms with Crippen LogP contribution in [0.4, 0.5) is 10.5 Å². The molecule has 0 bridgehead atoms. The second-order valence-electron chi connectivity index (χ2n) is 7.80. The van der Waals surface area contributed by atoms with E-state index in [1.54, 1.807) is 38.5 Å². The van der Waals surface area contributed by atoms with Crippen molar-refractivity contribution in [1.29, 1.82) is 0 Å². The number of carbonyl (C=O) groups excluding carboxylic acids is 1. The van der Waals surface area contributed by atoms with Gasteiger partial charge >= 0.3 is 6.09 Å². The van der Waals surface area contributed by atoms with E-state index in [2.05, 4.69) is 41.3 Å². The standard InChI is InChI=1S/C26H31N3O5/c1-5-7-9-19(10-8-6-2)34-26(30)29-18-11-13-20(14-12-18)33-25-21-15-23(31-3)24(32-4)16-22(21)27-17-28-25/h11,13,15-17,19H,5-10H2,1-4H3,(H,29,30). The lowest BCUT2D eigenvalue weighted by molar-refractivity contribution is 0.0968. The van der Waals surface area contributed by atoms with Gasteiger partial charge in [-0.05, 0) is 43.2 Å². The molecule has 0 saturated carbocycles. The van der Waals surface area contributed by atoms with Crippen LogP contribution in [0.15, 0.2) is 30.6 Å². The SMILES string of the molecule is CCCCC(CCCC)OC(=O)Nc1c#cc(Oc2ncnc3cc(OC)c(OC)cc23)cc1. The molecule has 0 fully saturated rings. The number of ether oxygens (including phenoxy) is 4. The summed E-state index contributed by atoms with van der Waals surface area (Å²) in [7, 11) is 3.12. The van der Waals surface area contributed by atoms with Crippen LogP contribution in [0, 0.1) is 12.1 Å². The lowest BCUT2D eigenvalue weighted by atomic mass is 10.1. The summed E-state index contributed by atoms with van der Waals surface area (Å²) in [6.45, 7) is 4.26. The van der Waals surface area contributed by atoms with Gasteiger partial charge in [-0.3, -0.25) is 5.32 Å². The van der Waals surface area contributed by atoms with Gasteiger partial charge in [-0.1, -0.05) is 39.5 Å². The van der Waals surface area contributed by atoms with Gasteiger partial charge in [0.05, 0.1) is 30.8 Å². The molecule has 1 N–H and O–H groups in total. The van der Waals surface area contributed by atoms with Crippen molar-refractivity contribution in [3.63, 3.8) is 0 Å². The highest BCUT2D eigenvalue weighted by molar-refractivity contribution is 5.87. The second kappa shape index (κ2) is 12.5. The molecule has 0 saturated heterocycles. The number of nitrogens with zero attached hydrogens (tertiary/aromatic N) is 2. The minimum atomic E-state index is -0.488. The van der Waals surface area contributed by atoms with Crippen LogP contribution in [-0.4, -0.2) is 36.4 Å². The summed E-state index contributed by atoms with van der Waals surface area (Å²) >= 11 is 0. The van der Waals surface area contributed by atoms with Crippen LogP contribution in [0.1, 0.15) is 52.4 Å². The molecule has 2 aromatic carbocycles. The number of carbonyl (C=O) groups is 1. The van der Waals surface area contributed by atoms with Crippen molar-refractivity contribution in [1.82, 2.24) is 9.97 Å². The van der Waals surface area contributed by atoms with E-state index in [9.17, 15) is 4.79 Å². The van der Waals surface area contributed by atoms with Crippen LogP contribution in [0.5, 0.6) is 23.1 Å². The predicted molar refractivity (Wildman–Crippen MR) is 130 cm³/mol. The third-order valence-electron chi connectivity index (χ3n) is 5.30. The Hall–Kier alpha value is -3.73. The lowest BCUT2D eigenvalue weighted by Gasteiger charge is -2.17. The number of unbranched alkanes of at least 4 members (excludes halogenated alkanes) is 2. The normalized spacial score (nSPS) is 10.6. The Balaban J connectivity index is 1.66. The first-order valence-corrected chi connectivity index (χ1v) is 11.5. The van der Waals surface area contributed by atoms with Gasteiger partial charge in [0, 0.05) is 6.07 Å². The molecule has 3 aromatic rings. The molecule has 0 radical (unpaired) electrons. The molecule has 1 amide bonds. The minimum absolute atomic E-state index is 0.0758. The third-order valence-corrected chi connectivity index (χ3v) is 5.30. The summed E-state index contributed by atoms with van der Waals surface area (Å²) in [6, 6.07) is 12.6. The highest BCUT2D eigenvalue weighted by Gasteiger charge is 2.15. The molecule has 0 aliphatic carbocycles. The van der Waals surface area contributed by atoms with Crippen LogP contribution >= 0.6 is 0 Å². The first kappa shape index (κ1) is 24.9. The van der Waals surface area contributed by atoms with Gasteiger partial charge in [-0.25, -0.2) is 14.8 Å². The van der Waals surface area contributed by atoms with Gasteiger partial charge < -0.3 is 18.9 Å². The largest absolute Gasteiger partial charge is 0.493 e. The summed E-state index contributed by atoms with van der Waals surface area (Å²) in [5.74, 6) is 1.83. The molecule has 34 heavy (non-hydrogen) atoms. The molecule has 8 nitrogen and oxygen atoms in total. The van der Waals surface area contributed by atoms with E-state index in [-0.39, 0.29) is 6.10 Å². The maximum Gasteiger partial charge on any atom is 0.412 e. The Morgan fingerprint density at radius 2 is 1.71 bits per heavy atom. The Morgan fingerprint density at radius 3 is 2.32 bits per heavy atom. The number of fused-ring (bicyclic) bond motifs is 1. The van der Waals surface area contributed by atoms with Crippen molar-refractivity contribution in [2.24, 2.45) is 0 Å². The summed E-state index contributed by atoms with van der Waals surface area (Å²) in [6.07, 6.45) is 6.79. The van der Waals surface area contributed by atoms with E-state index < -0.39 is 6.09 Å². The van der Waals surface area contributed by atoms with Crippen molar-refractivity contribution in [2.45, 2.75) is 58.5 Å². The molecule has 1 heterocycles. The van der Waals surface area contributed by atoms with Crippen LogP contribution in [0.25, 0.3) is 10.9 Å². The van der Waals surface area contributed by atoms with Crippen LogP contribution in [0.3, 0.4) is 0 Å². The fourth-order valence-electron chi connectivity index (χ4n) is 3.47. The van der Waals surface area contributed by atoms with E-state index in [0.717, 1.165) is 38.5 Å². The average molecular weight is 466 g/mol. The van der Waals surface area contributed by atoms with Crippen LogP contribution in [-0.2, 0) is 4.74 Å². The van der Waals surface area contributed by atoms with Gasteiger partial charge in [0.25, 0.3) is 0 Å². The number of hydrogen-bond acceptors (Lipinski definition) is 7. The zero-order valence-corrected chi connectivity index (χ0v) is 20.1. The summed E-state index contributed by atoms with van der Waals surface area (Å²) in [4.78, 5) is 20.8. The lowest BCUT2D eigenvalue weighted by Crippen LogP contribution is -2.22. The van der Waals surface area contributed by atoms with Crippen molar-refractivity contribution < 1.29 is 23.7 Å². The van der Waals surface area contributed by atoms with Gasteiger partial charge in [0.2, 0.25) is 5.88 Å². The second-order valence-corrected chi connectivity index (χ2v) is 7.80. The number of benzene rings is 1. The third kappa shape index (κ3) is 6.64. The maximum atomic E-state index is 12.3. The maximum absolute atomic E-state index is 12.3. The molecule has 0 atom stereocenters. The number of hydrogen-bond donors (Lipinski definition) is 1. The smallest absolute Gasteiger partial charge is 0.412 e.